The molecule has 0 saturated heterocycles. The van der Waals surface area contributed by atoms with E-state index in [2.05, 4.69) is 20.9 Å². The third-order valence-corrected chi connectivity index (χ3v) is 8.22. The van der Waals surface area contributed by atoms with Crippen molar-refractivity contribution in [2.24, 2.45) is 4.99 Å². The number of rotatable bonds is 6. The summed E-state index contributed by atoms with van der Waals surface area (Å²) in [5.74, 6) is 0.415. The highest BCUT2D eigenvalue weighted by atomic mass is 79.9. The van der Waals surface area contributed by atoms with Crippen LogP contribution in [0.15, 0.2) is 77.8 Å². The number of hydrogen-bond donors (Lipinski definition) is 0. The summed E-state index contributed by atoms with van der Waals surface area (Å²) in [4.78, 5) is 42.8. The van der Waals surface area contributed by atoms with Crippen molar-refractivity contribution in [1.29, 1.82) is 0 Å². The molecule has 0 N–H and O–H groups in total. The highest BCUT2D eigenvalue weighted by Gasteiger charge is 2.33. The molecule has 0 spiro atoms. The zero-order valence-corrected chi connectivity index (χ0v) is 22.7. The molecule has 0 saturated carbocycles. The standard InChI is InChI=1S/C25H18BrN3O6S2/c1-3-34-24(31)21-13(2)27-25-28(22(21)19-5-4-10-36-19)23(30)20(37-25)12-15-7-9-18(35-15)16-8-6-14(29(32)33)11-17(16)26/h4-12,22H,3H2,1-2H3/b20-12-. The summed E-state index contributed by atoms with van der Waals surface area (Å²) in [5.41, 5.74) is 1.14. The second-order valence-electron chi connectivity index (χ2n) is 7.94. The maximum Gasteiger partial charge on any atom is 0.338 e. The fourth-order valence-corrected chi connectivity index (χ4v) is 6.44. The van der Waals surface area contributed by atoms with Gasteiger partial charge in [-0.1, -0.05) is 17.4 Å². The molecule has 0 aliphatic carbocycles. The number of thiophene rings is 1. The van der Waals surface area contributed by atoms with Crippen molar-refractivity contribution in [2.45, 2.75) is 19.9 Å². The first kappa shape index (κ1) is 25.1. The van der Waals surface area contributed by atoms with Crippen molar-refractivity contribution in [2.75, 3.05) is 6.61 Å². The van der Waals surface area contributed by atoms with E-state index in [-0.39, 0.29) is 17.9 Å². The fourth-order valence-electron chi connectivity index (χ4n) is 4.03. The van der Waals surface area contributed by atoms with Crippen molar-refractivity contribution < 1.29 is 18.9 Å². The Morgan fingerprint density at radius 2 is 2.14 bits per heavy atom. The minimum absolute atomic E-state index is 0.0405. The van der Waals surface area contributed by atoms with Gasteiger partial charge in [0, 0.05) is 33.1 Å². The van der Waals surface area contributed by atoms with Gasteiger partial charge in [-0.2, -0.15) is 0 Å². The molecule has 188 valence electrons. The van der Waals surface area contributed by atoms with Gasteiger partial charge in [-0.15, -0.1) is 11.3 Å². The number of fused-ring (bicyclic) bond motifs is 1. The number of esters is 1. The quantitative estimate of drug-likeness (QED) is 0.179. The Bertz CT molecular complexity index is 1750. The summed E-state index contributed by atoms with van der Waals surface area (Å²) in [6, 6.07) is 11.0. The highest BCUT2D eigenvalue weighted by molar-refractivity contribution is 9.10. The molecular formula is C25H18BrN3O6S2. The van der Waals surface area contributed by atoms with Crippen LogP contribution in [-0.2, 0) is 9.53 Å². The van der Waals surface area contributed by atoms with E-state index in [1.165, 1.54) is 39.4 Å². The lowest BCUT2D eigenvalue weighted by Crippen LogP contribution is -2.39. The summed E-state index contributed by atoms with van der Waals surface area (Å²) < 4.78 is 13.7. The first-order chi connectivity index (χ1) is 17.8. The van der Waals surface area contributed by atoms with Crippen LogP contribution in [0.5, 0.6) is 0 Å². The molecule has 0 fully saturated rings. The molecule has 1 aromatic carbocycles. The smallest absolute Gasteiger partial charge is 0.338 e. The van der Waals surface area contributed by atoms with E-state index in [0.29, 0.717) is 42.2 Å². The number of carbonyl (C=O) groups excluding carboxylic acids is 1. The van der Waals surface area contributed by atoms with Gasteiger partial charge >= 0.3 is 5.97 Å². The lowest BCUT2D eigenvalue weighted by molar-refractivity contribution is -0.384. The molecule has 4 heterocycles. The number of hydrogen-bond acceptors (Lipinski definition) is 9. The van der Waals surface area contributed by atoms with Gasteiger partial charge in [0.25, 0.3) is 11.2 Å². The molecule has 1 unspecified atom stereocenters. The van der Waals surface area contributed by atoms with E-state index >= 15 is 0 Å². The number of ether oxygens (including phenoxy) is 1. The maximum atomic E-state index is 13.6. The fraction of sp³-hybridized carbons (Fsp3) is 0.160. The molecule has 1 aliphatic rings. The van der Waals surface area contributed by atoms with E-state index in [0.717, 1.165) is 4.88 Å². The predicted octanol–water partition coefficient (Wildman–Crippen LogP) is 4.79. The lowest BCUT2D eigenvalue weighted by atomic mass is 10.0. The van der Waals surface area contributed by atoms with Gasteiger partial charge in [-0.3, -0.25) is 19.5 Å². The lowest BCUT2D eigenvalue weighted by Gasteiger charge is -2.23. The zero-order chi connectivity index (χ0) is 26.3. The number of thiazole rings is 1. The zero-order valence-electron chi connectivity index (χ0n) is 19.5. The van der Waals surface area contributed by atoms with Crippen LogP contribution in [0.3, 0.4) is 0 Å². The minimum Gasteiger partial charge on any atom is -0.463 e. The van der Waals surface area contributed by atoms with Crippen LogP contribution in [0.1, 0.15) is 30.5 Å². The number of allylic oxidation sites excluding steroid dienone is 1. The third kappa shape index (κ3) is 4.63. The molecule has 0 amide bonds. The van der Waals surface area contributed by atoms with Crippen LogP contribution in [0.2, 0.25) is 0 Å². The van der Waals surface area contributed by atoms with E-state index in [4.69, 9.17) is 9.15 Å². The van der Waals surface area contributed by atoms with E-state index in [1.54, 1.807) is 38.1 Å². The number of halogens is 1. The number of nitro groups is 1. The Labute approximate surface area is 225 Å². The number of carbonyl (C=O) groups is 1. The summed E-state index contributed by atoms with van der Waals surface area (Å²) in [5, 5.41) is 12.9. The maximum absolute atomic E-state index is 13.6. The van der Waals surface area contributed by atoms with Crippen molar-refractivity contribution in [3.8, 4) is 11.3 Å². The van der Waals surface area contributed by atoms with E-state index < -0.39 is 16.9 Å². The van der Waals surface area contributed by atoms with Gasteiger partial charge < -0.3 is 9.15 Å². The number of nitro benzene ring substituents is 1. The Kier molecular flexibility index (Phi) is 6.80. The molecule has 9 nitrogen and oxygen atoms in total. The topological polar surface area (TPSA) is 117 Å². The molecule has 3 aromatic heterocycles. The van der Waals surface area contributed by atoms with Crippen molar-refractivity contribution in [3.63, 3.8) is 0 Å². The largest absolute Gasteiger partial charge is 0.463 e. The van der Waals surface area contributed by atoms with Crippen LogP contribution in [0.25, 0.3) is 17.4 Å². The molecule has 1 atom stereocenters. The SMILES string of the molecule is CCOC(=O)C1=C(C)N=c2s/c(=C\c3ccc(-c4ccc([N+](=O)[O-])cc4Br)o3)c(=O)n2C1c1cccs1. The van der Waals surface area contributed by atoms with Gasteiger partial charge in [-0.25, -0.2) is 9.79 Å². The minimum atomic E-state index is -0.638. The Morgan fingerprint density at radius 3 is 2.81 bits per heavy atom. The summed E-state index contributed by atoms with van der Waals surface area (Å²) in [7, 11) is 0. The van der Waals surface area contributed by atoms with Crippen molar-refractivity contribution in [1.82, 2.24) is 4.57 Å². The van der Waals surface area contributed by atoms with Gasteiger partial charge in [0.2, 0.25) is 0 Å². The van der Waals surface area contributed by atoms with Crippen LogP contribution in [0.4, 0.5) is 5.69 Å². The Hall–Kier alpha value is -3.61. The van der Waals surface area contributed by atoms with Gasteiger partial charge in [0.15, 0.2) is 4.80 Å². The van der Waals surface area contributed by atoms with Crippen LogP contribution in [0, 0.1) is 10.1 Å². The molecule has 37 heavy (non-hydrogen) atoms. The number of nitrogens with zero attached hydrogens (tertiary/aromatic N) is 3. The molecule has 1 aliphatic heterocycles. The average Bonchev–Trinajstić information content (AvgIpc) is 3.60. The molecule has 0 radical (unpaired) electrons. The van der Waals surface area contributed by atoms with Crippen molar-refractivity contribution in [3.05, 3.63) is 104 Å². The Morgan fingerprint density at radius 1 is 1.32 bits per heavy atom. The highest BCUT2D eigenvalue weighted by Crippen LogP contribution is 2.34. The van der Waals surface area contributed by atoms with E-state index in [1.807, 2.05) is 17.5 Å². The van der Waals surface area contributed by atoms with E-state index in [9.17, 15) is 19.7 Å². The normalized spacial score (nSPS) is 15.4. The molecule has 4 aromatic rings. The summed E-state index contributed by atoms with van der Waals surface area (Å²) >= 11 is 6.01. The summed E-state index contributed by atoms with van der Waals surface area (Å²) in [6.07, 6.45) is 1.63. The first-order valence-electron chi connectivity index (χ1n) is 11.1. The first-order valence-corrected chi connectivity index (χ1v) is 13.5. The summed E-state index contributed by atoms with van der Waals surface area (Å²) in [6.45, 7) is 3.68. The average molecular weight is 600 g/mol. The Balaban J connectivity index is 1.59. The third-order valence-electron chi connectivity index (χ3n) is 5.66. The number of aromatic nitrogens is 1. The van der Waals surface area contributed by atoms with Crippen LogP contribution < -0.4 is 14.9 Å². The van der Waals surface area contributed by atoms with Gasteiger partial charge in [-0.05, 0) is 59.4 Å². The second-order valence-corrected chi connectivity index (χ2v) is 10.8. The molecular weight excluding hydrogens is 582 g/mol. The monoisotopic (exact) mass is 599 g/mol. The van der Waals surface area contributed by atoms with Gasteiger partial charge in [0.1, 0.15) is 17.6 Å². The number of furan rings is 1. The molecule has 0 bridgehead atoms. The molecule has 5 rings (SSSR count). The van der Waals surface area contributed by atoms with Crippen molar-refractivity contribution >= 4 is 56.3 Å². The number of non-ortho nitro benzene ring substituents is 1. The second kappa shape index (κ2) is 10.0. The number of benzene rings is 1. The van der Waals surface area contributed by atoms with Crippen LogP contribution >= 0.6 is 38.6 Å². The van der Waals surface area contributed by atoms with Gasteiger partial charge in [0.05, 0.1) is 27.3 Å². The molecule has 12 heteroatoms. The predicted molar refractivity (Wildman–Crippen MR) is 143 cm³/mol. The van der Waals surface area contributed by atoms with Crippen LogP contribution in [-0.4, -0.2) is 22.1 Å².